The van der Waals surface area contributed by atoms with Gasteiger partial charge in [0, 0.05) is 19.8 Å². The third kappa shape index (κ3) is 6.04. The van der Waals surface area contributed by atoms with Gasteiger partial charge in [0.15, 0.2) is 0 Å². The molecule has 4 nitrogen and oxygen atoms in total. The number of pyridine rings is 1. The van der Waals surface area contributed by atoms with E-state index in [2.05, 4.69) is 29.5 Å². The van der Waals surface area contributed by atoms with E-state index < -0.39 is 0 Å². The number of aromatic nitrogens is 1. The molecule has 0 radical (unpaired) electrons. The molecule has 0 saturated heterocycles. The number of unbranched alkanes of at least 4 members (excludes halogenated alkanes) is 3. The first-order chi connectivity index (χ1) is 9.65. The monoisotopic (exact) mass is 277 g/mol. The number of amides is 1. The maximum Gasteiger partial charge on any atom is 0.255 e. The molecular formula is C16H27N3O. The Morgan fingerprint density at radius 1 is 1.25 bits per heavy atom. The fourth-order valence-corrected chi connectivity index (χ4v) is 2.12. The SMILES string of the molecule is CNc1ncccc1C(=O)NCCCCCCC(C)C. The average Bonchev–Trinajstić information content (AvgIpc) is 2.45. The molecular weight excluding hydrogens is 250 g/mol. The molecule has 1 heterocycles. The minimum absolute atomic E-state index is 0.0513. The number of nitrogens with zero attached hydrogens (tertiary/aromatic N) is 1. The summed E-state index contributed by atoms with van der Waals surface area (Å²) < 4.78 is 0. The average molecular weight is 277 g/mol. The molecule has 0 fully saturated rings. The highest BCUT2D eigenvalue weighted by Gasteiger charge is 2.09. The molecule has 1 aromatic rings. The minimum atomic E-state index is -0.0513. The van der Waals surface area contributed by atoms with Crippen molar-refractivity contribution in [3.8, 4) is 0 Å². The van der Waals surface area contributed by atoms with Gasteiger partial charge in [-0.25, -0.2) is 4.98 Å². The summed E-state index contributed by atoms with van der Waals surface area (Å²) >= 11 is 0. The number of anilines is 1. The molecule has 0 bridgehead atoms. The number of carbonyl (C=O) groups excluding carboxylic acids is 1. The molecule has 0 atom stereocenters. The molecule has 0 aliphatic carbocycles. The first-order valence-electron chi connectivity index (χ1n) is 7.56. The van der Waals surface area contributed by atoms with Crippen LogP contribution < -0.4 is 10.6 Å². The molecule has 4 heteroatoms. The lowest BCUT2D eigenvalue weighted by Crippen LogP contribution is -2.25. The lowest BCUT2D eigenvalue weighted by molar-refractivity contribution is 0.0953. The molecule has 112 valence electrons. The van der Waals surface area contributed by atoms with E-state index in [1.165, 1.54) is 25.7 Å². The van der Waals surface area contributed by atoms with Crippen LogP contribution in [0, 0.1) is 5.92 Å². The third-order valence-corrected chi connectivity index (χ3v) is 3.28. The van der Waals surface area contributed by atoms with Gasteiger partial charge < -0.3 is 10.6 Å². The summed E-state index contributed by atoms with van der Waals surface area (Å²) in [6, 6.07) is 3.57. The van der Waals surface area contributed by atoms with Crippen molar-refractivity contribution in [1.82, 2.24) is 10.3 Å². The maximum absolute atomic E-state index is 12.0. The fraction of sp³-hybridized carbons (Fsp3) is 0.625. The van der Waals surface area contributed by atoms with Gasteiger partial charge in [0.2, 0.25) is 0 Å². The molecule has 20 heavy (non-hydrogen) atoms. The van der Waals surface area contributed by atoms with E-state index in [1.807, 2.05) is 0 Å². The molecule has 1 rings (SSSR count). The molecule has 0 aromatic carbocycles. The van der Waals surface area contributed by atoms with Gasteiger partial charge in [-0.1, -0.05) is 39.5 Å². The van der Waals surface area contributed by atoms with E-state index in [0.29, 0.717) is 11.4 Å². The van der Waals surface area contributed by atoms with Crippen molar-refractivity contribution in [2.24, 2.45) is 5.92 Å². The van der Waals surface area contributed by atoms with E-state index in [4.69, 9.17) is 0 Å². The van der Waals surface area contributed by atoms with Gasteiger partial charge in [0.1, 0.15) is 5.82 Å². The van der Waals surface area contributed by atoms with Crippen molar-refractivity contribution in [3.05, 3.63) is 23.9 Å². The zero-order valence-electron chi connectivity index (χ0n) is 12.9. The van der Waals surface area contributed by atoms with Crippen molar-refractivity contribution in [1.29, 1.82) is 0 Å². The Bertz CT molecular complexity index is 404. The lowest BCUT2D eigenvalue weighted by atomic mass is 10.0. The smallest absolute Gasteiger partial charge is 0.255 e. The predicted octanol–water partition coefficient (Wildman–Crippen LogP) is 3.46. The van der Waals surface area contributed by atoms with E-state index >= 15 is 0 Å². The van der Waals surface area contributed by atoms with Gasteiger partial charge in [0.25, 0.3) is 5.91 Å². The standard InChI is InChI=1S/C16H27N3O/c1-13(2)9-6-4-5-7-11-19-16(20)14-10-8-12-18-15(14)17-3/h8,10,12-13H,4-7,9,11H2,1-3H3,(H,17,18)(H,19,20). The normalized spacial score (nSPS) is 10.6. The Balaban J connectivity index is 2.20. The zero-order valence-corrected chi connectivity index (χ0v) is 12.9. The quantitative estimate of drug-likeness (QED) is 0.680. The van der Waals surface area contributed by atoms with Crippen LogP contribution >= 0.6 is 0 Å². The molecule has 0 unspecified atom stereocenters. The molecule has 0 aliphatic rings. The highest BCUT2D eigenvalue weighted by atomic mass is 16.1. The third-order valence-electron chi connectivity index (χ3n) is 3.28. The highest BCUT2D eigenvalue weighted by molar-refractivity contribution is 5.98. The summed E-state index contributed by atoms with van der Waals surface area (Å²) in [6.45, 7) is 5.25. The van der Waals surface area contributed by atoms with E-state index in [9.17, 15) is 4.79 Å². The second-order valence-electron chi connectivity index (χ2n) is 5.50. The Labute approximate surface area is 122 Å². The molecule has 0 saturated carbocycles. The molecule has 1 amide bonds. The molecule has 0 aliphatic heterocycles. The van der Waals surface area contributed by atoms with Gasteiger partial charge in [0.05, 0.1) is 5.56 Å². The fourth-order valence-electron chi connectivity index (χ4n) is 2.12. The van der Waals surface area contributed by atoms with Gasteiger partial charge in [-0.2, -0.15) is 0 Å². The number of carbonyl (C=O) groups is 1. The van der Waals surface area contributed by atoms with Crippen LogP contribution in [-0.2, 0) is 0 Å². The van der Waals surface area contributed by atoms with Crippen molar-refractivity contribution in [3.63, 3.8) is 0 Å². The van der Waals surface area contributed by atoms with Gasteiger partial charge in [-0.15, -0.1) is 0 Å². The van der Waals surface area contributed by atoms with Crippen molar-refractivity contribution < 1.29 is 4.79 Å². The van der Waals surface area contributed by atoms with Crippen molar-refractivity contribution in [2.75, 3.05) is 18.9 Å². The molecule has 1 aromatic heterocycles. The zero-order chi connectivity index (χ0) is 14.8. The number of hydrogen-bond acceptors (Lipinski definition) is 3. The maximum atomic E-state index is 12.0. The van der Waals surface area contributed by atoms with Crippen LogP contribution in [0.4, 0.5) is 5.82 Å². The minimum Gasteiger partial charge on any atom is -0.372 e. The Hall–Kier alpha value is -1.58. The second kappa shape index (κ2) is 9.34. The van der Waals surface area contributed by atoms with Crippen LogP contribution in [-0.4, -0.2) is 24.5 Å². The van der Waals surface area contributed by atoms with Crippen LogP contribution in [0.5, 0.6) is 0 Å². The van der Waals surface area contributed by atoms with Gasteiger partial charge >= 0.3 is 0 Å². The topological polar surface area (TPSA) is 54.0 Å². The summed E-state index contributed by atoms with van der Waals surface area (Å²) in [5.41, 5.74) is 0.606. The number of rotatable bonds is 9. The molecule has 0 spiro atoms. The van der Waals surface area contributed by atoms with Crippen LogP contribution in [0.1, 0.15) is 56.3 Å². The van der Waals surface area contributed by atoms with Crippen molar-refractivity contribution >= 4 is 11.7 Å². The van der Waals surface area contributed by atoms with Crippen LogP contribution in [0.2, 0.25) is 0 Å². The predicted molar refractivity (Wildman–Crippen MR) is 84.0 cm³/mol. The first-order valence-corrected chi connectivity index (χ1v) is 7.56. The Morgan fingerprint density at radius 2 is 2.00 bits per heavy atom. The number of nitrogens with one attached hydrogen (secondary N) is 2. The van der Waals surface area contributed by atoms with Crippen LogP contribution in [0.3, 0.4) is 0 Å². The van der Waals surface area contributed by atoms with E-state index in [0.717, 1.165) is 18.9 Å². The summed E-state index contributed by atoms with van der Waals surface area (Å²) in [7, 11) is 1.77. The largest absolute Gasteiger partial charge is 0.372 e. The Morgan fingerprint density at radius 3 is 2.70 bits per heavy atom. The summed E-state index contributed by atoms with van der Waals surface area (Å²) in [5.74, 6) is 1.37. The van der Waals surface area contributed by atoms with E-state index in [1.54, 1.807) is 25.4 Å². The van der Waals surface area contributed by atoms with Gasteiger partial charge in [-0.3, -0.25) is 4.79 Å². The van der Waals surface area contributed by atoms with Crippen LogP contribution in [0.15, 0.2) is 18.3 Å². The van der Waals surface area contributed by atoms with Crippen molar-refractivity contribution in [2.45, 2.75) is 46.0 Å². The summed E-state index contributed by atoms with van der Waals surface area (Å²) in [6.07, 6.45) is 7.74. The lowest BCUT2D eigenvalue weighted by Gasteiger charge is -2.09. The second-order valence-corrected chi connectivity index (χ2v) is 5.50. The summed E-state index contributed by atoms with van der Waals surface area (Å²) in [5, 5.41) is 5.89. The first kappa shape index (κ1) is 16.5. The highest BCUT2D eigenvalue weighted by Crippen LogP contribution is 2.11. The summed E-state index contributed by atoms with van der Waals surface area (Å²) in [4.78, 5) is 16.1. The Kier molecular flexibility index (Phi) is 7.70. The van der Waals surface area contributed by atoms with Crippen LogP contribution in [0.25, 0.3) is 0 Å². The van der Waals surface area contributed by atoms with E-state index in [-0.39, 0.29) is 5.91 Å². The molecule has 2 N–H and O–H groups in total. The number of hydrogen-bond donors (Lipinski definition) is 2. The van der Waals surface area contributed by atoms with Gasteiger partial charge in [-0.05, 0) is 24.5 Å².